The minimum Gasteiger partial charge on any atom is -0.481 e. The number of alkyl carbamates (subject to hydrolysis) is 2. The second-order valence-corrected chi connectivity index (χ2v) is 17.8. The molecule has 0 bridgehead atoms. The second kappa shape index (κ2) is 23.7. The van der Waals surface area contributed by atoms with E-state index in [9.17, 15) is 24.3 Å². The summed E-state index contributed by atoms with van der Waals surface area (Å²) in [7, 11) is 2.94. The topological polar surface area (TPSA) is 196 Å². The third-order valence-corrected chi connectivity index (χ3v) is 9.22. The minimum atomic E-state index is -1.12. The molecule has 340 valence electrons. The first kappa shape index (κ1) is 54.6. The average Bonchev–Trinajstić information content (AvgIpc) is 3.15. The van der Waals surface area contributed by atoms with E-state index in [4.69, 9.17) is 24.1 Å². The van der Waals surface area contributed by atoms with Crippen molar-refractivity contribution in [2.75, 3.05) is 27.4 Å². The Morgan fingerprint density at radius 1 is 0.694 bits per heavy atom. The molecular formula is C47H65BrN4O10. The molecule has 0 saturated carbocycles. The Hall–Kier alpha value is -5.38. The van der Waals surface area contributed by atoms with Crippen LogP contribution in [0.15, 0.2) is 83.9 Å². The highest BCUT2D eigenvalue weighted by molar-refractivity contribution is 9.10. The number of benzene rings is 2. The maximum absolute atomic E-state index is 12.0. The third kappa shape index (κ3) is 17.9. The Morgan fingerprint density at radius 2 is 1.10 bits per heavy atom. The van der Waals surface area contributed by atoms with Gasteiger partial charge in [0.1, 0.15) is 22.0 Å². The lowest BCUT2D eigenvalue weighted by Gasteiger charge is -2.22. The zero-order valence-corrected chi connectivity index (χ0v) is 38.8. The third-order valence-electron chi connectivity index (χ3n) is 8.73. The largest absolute Gasteiger partial charge is 0.481 e. The number of halogens is 1. The SMILES string of the molecule is C.C=C[C@@](C)(COC)C(=O)O.COC[C@](C)(/C=C/c1ccc2ccc([C@@H](C)NC(=O)OC(C)(C)C)nc2c1)C(=O)O.C[C@@H](NC(=O)OC(C)(C)C)c1ccc2ccc(Br)cc2n1. The number of nitrogens with one attached hydrogen (secondary N) is 2. The zero-order valence-electron chi connectivity index (χ0n) is 37.2. The van der Waals surface area contributed by atoms with Gasteiger partial charge in [-0.15, -0.1) is 6.58 Å². The minimum absolute atomic E-state index is 0. The lowest BCUT2D eigenvalue weighted by Crippen LogP contribution is -2.34. The fourth-order valence-electron chi connectivity index (χ4n) is 5.23. The molecule has 0 spiro atoms. The van der Waals surface area contributed by atoms with Gasteiger partial charge in [0, 0.05) is 29.5 Å². The number of amides is 2. The summed E-state index contributed by atoms with van der Waals surface area (Å²) in [4.78, 5) is 55.1. The van der Waals surface area contributed by atoms with Gasteiger partial charge in [-0.2, -0.15) is 0 Å². The van der Waals surface area contributed by atoms with Crippen LogP contribution >= 0.6 is 15.9 Å². The van der Waals surface area contributed by atoms with E-state index in [1.807, 2.05) is 116 Å². The number of carbonyl (C=O) groups excluding carboxylic acids is 2. The van der Waals surface area contributed by atoms with Gasteiger partial charge in [-0.05, 0) is 105 Å². The molecule has 2 heterocycles. The van der Waals surface area contributed by atoms with Crippen LogP contribution in [0.5, 0.6) is 0 Å². The van der Waals surface area contributed by atoms with Gasteiger partial charge < -0.3 is 39.8 Å². The molecule has 0 aliphatic heterocycles. The lowest BCUT2D eigenvalue weighted by atomic mass is 9.90. The molecule has 4 atom stereocenters. The number of carbonyl (C=O) groups is 4. The van der Waals surface area contributed by atoms with Gasteiger partial charge in [-0.25, -0.2) is 9.59 Å². The summed E-state index contributed by atoms with van der Waals surface area (Å²) in [6.45, 7) is 21.5. The van der Waals surface area contributed by atoms with Crippen molar-refractivity contribution >= 4 is 67.9 Å². The smallest absolute Gasteiger partial charge is 0.408 e. The van der Waals surface area contributed by atoms with Gasteiger partial charge in [0.2, 0.25) is 0 Å². The number of fused-ring (bicyclic) bond motifs is 2. The van der Waals surface area contributed by atoms with Crippen LogP contribution in [0.3, 0.4) is 0 Å². The molecule has 2 aromatic carbocycles. The number of nitrogens with zero attached hydrogens (tertiary/aromatic N) is 2. The number of rotatable bonds is 13. The van der Waals surface area contributed by atoms with E-state index in [1.165, 1.54) is 20.3 Å². The van der Waals surface area contributed by atoms with Crippen molar-refractivity contribution in [3.05, 3.63) is 101 Å². The molecule has 2 aromatic heterocycles. The standard InChI is InChI=1S/C23H30N2O5.C16H19BrN2O2.C7H12O3.CH4/c1-15(24-21(28)30-22(2,3)4)18-10-9-17-8-7-16(13-19(17)25-18)11-12-23(5,14-29-6)20(26)27;1-10(18-15(20)21-16(2,3)4)13-8-6-11-5-7-12(17)9-14(11)19-13;1-4-7(2,5-10-3)6(8)9;/h7-13,15H,14H2,1-6H3,(H,24,28)(H,26,27);5-10H,1-4H3,(H,18,20);4H,1,5H2,2-3H3,(H,8,9);1H4/b12-11+;;;/t15-,23+;10-;7-;/m110./s1. The van der Waals surface area contributed by atoms with Gasteiger partial charge in [0.05, 0.1) is 47.7 Å². The molecule has 2 amide bonds. The number of aromatic nitrogens is 2. The number of hydrogen-bond acceptors (Lipinski definition) is 10. The van der Waals surface area contributed by atoms with Crippen molar-refractivity contribution < 1.29 is 48.3 Å². The molecule has 14 nitrogen and oxygen atoms in total. The Labute approximate surface area is 374 Å². The molecule has 0 saturated heterocycles. The number of ether oxygens (including phenoxy) is 4. The predicted octanol–water partition coefficient (Wildman–Crippen LogP) is 10.7. The summed E-state index contributed by atoms with van der Waals surface area (Å²) in [5, 5.41) is 25.7. The van der Waals surface area contributed by atoms with Crippen LogP contribution in [0, 0.1) is 10.8 Å². The first-order valence-corrected chi connectivity index (χ1v) is 20.3. The van der Waals surface area contributed by atoms with Crippen molar-refractivity contribution in [2.24, 2.45) is 10.8 Å². The fraction of sp³-hybridized carbons (Fsp3) is 0.447. The predicted molar refractivity (Wildman–Crippen MR) is 248 cm³/mol. The van der Waals surface area contributed by atoms with E-state index in [-0.39, 0.29) is 32.7 Å². The first-order chi connectivity index (χ1) is 28.2. The van der Waals surface area contributed by atoms with E-state index < -0.39 is 46.2 Å². The number of carboxylic acids is 2. The summed E-state index contributed by atoms with van der Waals surface area (Å²) in [5.74, 6) is -1.87. The quantitative estimate of drug-likeness (QED) is 0.0928. The average molecular weight is 926 g/mol. The highest BCUT2D eigenvalue weighted by Gasteiger charge is 2.30. The van der Waals surface area contributed by atoms with Crippen molar-refractivity contribution in [1.82, 2.24) is 20.6 Å². The molecule has 0 fully saturated rings. The maximum Gasteiger partial charge on any atom is 0.408 e. The Morgan fingerprint density at radius 3 is 1.48 bits per heavy atom. The molecule has 0 aliphatic rings. The zero-order chi connectivity index (χ0) is 46.3. The van der Waals surface area contributed by atoms with Crippen LogP contribution in [0.25, 0.3) is 27.9 Å². The van der Waals surface area contributed by atoms with Gasteiger partial charge >= 0.3 is 24.1 Å². The van der Waals surface area contributed by atoms with Crippen molar-refractivity contribution in [1.29, 1.82) is 0 Å². The molecule has 0 radical (unpaired) electrons. The van der Waals surface area contributed by atoms with Crippen LogP contribution in [-0.2, 0) is 28.5 Å². The van der Waals surface area contributed by atoms with Crippen molar-refractivity contribution in [3.8, 4) is 0 Å². The molecule has 15 heteroatoms. The van der Waals surface area contributed by atoms with Crippen LogP contribution < -0.4 is 10.6 Å². The van der Waals surface area contributed by atoms with Gasteiger partial charge in [0.25, 0.3) is 0 Å². The molecule has 62 heavy (non-hydrogen) atoms. The van der Waals surface area contributed by atoms with Gasteiger partial charge in [-0.3, -0.25) is 19.6 Å². The van der Waals surface area contributed by atoms with E-state index in [0.717, 1.165) is 37.5 Å². The Bertz CT molecular complexity index is 2180. The van der Waals surface area contributed by atoms with E-state index in [2.05, 4.69) is 43.1 Å². The molecule has 0 unspecified atom stereocenters. The van der Waals surface area contributed by atoms with Gasteiger partial charge in [0.15, 0.2) is 0 Å². The summed E-state index contributed by atoms with van der Waals surface area (Å²) >= 11 is 3.44. The summed E-state index contributed by atoms with van der Waals surface area (Å²) < 4.78 is 21.3. The van der Waals surface area contributed by atoms with E-state index in [1.54, 1.807) is 26.0 Å². The Kier molecular flexibility index (Phi) is 20.9. The van der Waals surface area contributed by atoms with Crippen molar-refractivity contribution in [3.63, 3.8) is 0 Å². The number of carboxylic acid groups (broad SMARTS) is 2. The lowest BCUT2D eigenvalue weighted by molar-refractivity contribution is -0.148. The normalized spacial score (nSPS) is 14.2. The second-order valence-electron chi connectivity index (χ2n) is 16.8. The number of pyridine rings is 2. The molecule has 0 aliphatic carbocycles. The van der Waals surface area contributed by atoms with Crippen LogP contribution in [0.1, 0.15) is 106 Å². The maximum atomic E-state index is 12.0. The highest BCUT2D eigenvalue weighted by Crippen LogP contribution is 2.25. The molecular weight excluding hydrogens is 860 g/mol. The fourth-order valence-corrected chi connectivity index (χ4v) is 5.58. The summed E-state index contributed by atoms with van der Waals surface area (Å²) in [6, 6.07) is 18.8. The van der Waals surface area contributed by atoms with Crippen LogP contribution in [-0.4, -0.2) is 82.9 Å². The van der Waals surface area contributed by atoms with Crippen LogP contribution in [0.2, 0.25) is 0 Å². The summed E-state index contributed by atoms with van der Waals surface area (Å²) in [6.07, 6.45) is 3.81. The molecule has 4 N–H and O–H groups in total. The van der Waals surface area contributed by atoms with Crippen LogP contribution in [0.4, 0.5) is 9.59 Å². The number of methoxy groups -OCH3 is 2. The monoisotopic (exact) mass is 924 g/mol. The molecule has 4 rings (SSSR count). The van der Waals surface area contributed by atoms with E-state index >= 15 is 0 Å². The van der Waals surface area contributed by atoms with E-state index in [0.29, 0.717) is 5.69 Å². The highest BCUT2D eigenvalue weighted by atomic mass is 79.9. The van der Waals surface area contributed by atoms with Gasteiger partial charge in [-0.1, -0.05) is 71.9 Å². The van der Waals surface area contributed by atoms with Crippen molar-refractivity contribution in [2.45, 2.75) is 99.9 Å². The Balaban J connectivity index is 0.000000520. The molecule has 4 aromatic rings. The number of aliphatic carboxylic acids is 2. The first-order valence-electron chi connectivity index (χ1n) is 19.5. The summed E-state index contributed by atoms with van der Waals surface area (Å²) in [5.41, 5.74) is 0.801. The number of hydrogen-bond donors (Lipinski definition) is 4.